The number of nitrogens with zero attached hydrogens (tertiary/aromatic N) is 2. The van der Waals surface area contributed by atoms with Gasteiger partial charge in [-0.25, -0.2) is 4.98 Å². The molecule has 1 atom stereocenters. The van der Waals surface area contributed by atoms with Crippen molar-refractivity contribution in [3.05, 3.63) is 29.0 Å². The highest BCUT2D eigenvalue weighted by atomic mass is 35.5. The molecule has 0 aromatic carbocycles. The van der Waals surface area contributed by atoms with E-state index in [-0.39, 0.29) is 6.61 Å². The quantitative estimate of drug-likeness (QED) is 0.764. The molecule has 1 aliphatic rings. The van der Waals surface area contributed by atoms with E-state index in [0.29, 0.717) is 17.7 Å². The minimum atomic E-state index is 0.186. The van der Waals surface area contributed by atoms with Crippen LogP contribution in [0.2, 0.25) is 5.15 Å². The zero-order valence-corrected chi connectivity index (χ0v) is 11.2. The summed E-state index contributed by atoms with van der Waals surface area (Å²) < 4.78 is 0. The van der Waals surface area contributed by atoms with E-state index in [0.717, 1.165) is 25.2 Å². The molecule has 2 N–H and O–H groups in total. The normalized spacial score (nSPS) is 19.6. The number of hydrogen-bond donors (Lipinski definition) is 2. The van der Waals surface area contributed by atoms with Crippen molar-refractivity contribution in [2.75, 3.05) is 26.2 Å². The van der Waals surface area contributed by atoms with Crippen LogP contribution < -0.4 is 5.32 Å². The Hall–Kier alpha value is -0.680. The van der Waals surface area contributed by atoms with Crippen molar-refractivity contribution < 1.29 is 5.11 Å². The van der Waals surface area contributed by atoms with E-state index in [1.165, 1.54) is 12.8 Å². The number of rotatable bonds is 6. The van der Waals surface area contributed by atoms with Gasteiger partial charge in [-0.15, -0.1) is 0 Å². The van der Waals surface area contributed by atoms with Gasteiger partial charge in [0.1, 0.15) is 5.15 Å². The molecule has 1 aromatic heterocycles. The third-order valence-corrected chi connectivity index (χ3v) is 3.46. The summed E-state index contributed by atoms with van der Waals surface area (Å²) in [4.78, 5) is 6.24. The van der Waals surface area contributed by atoms with Gasteiger partial charge in [-0.2, -0.15) is 0 Å². The van der Waals surface area contributed by atoms with E-state index in [9.17, 15) is 0 Å². The van der Waals surface area contributed by atoms with Crippen molar-refractivity contribution >= 4 is 11.6 Å². The largest absolute Gasteiger partial charge is 0.395 e. The second kappa shape index (κ2) is 7.04. The van der Waals surface area contributed by atoms with E-state index in [1.807, 2.05) is 12.1 Å². The fourth-order valence-electron chi connectivity index (χ4n) is 2.40. The summed E-state index contributed by atoms with van der Waals surface area (Å²) in [7, 11) is 0. The Labute approximate surface area is 113 Å². The van der Waals surface area contributed by atoms with Crippen LogP contribution in [0.25, 0.3) is 0 Å². The Morgan fingerprint density at radius 3 is 3.11 bits per heavy atom. The van der Waals surface area contributed by atoms with Gasteiger partial charge in [-0.05, 0) is 37.1 Å². The van der Waals surface area contributed by atoms with E-state index >= 15 is 0 Å². The Kier molecular flexibility index (Phi) is 5.38. The molecule has 0 bridgehead atoms. The van der Waals surface area contributed by atoms with E-state index in [4.69, 9.17) is 16.7 Å². The summed E-state index contributed by atoms with van der Waals surface area (Å²) >= 11 is 5.88. The first-order valence-corrected chi connectivity index (χ1v) is 6.83. The topological polar surface area (TPSA) is 48.4 Å². The number of aliphatic hydroxyl groups is 1. The Balaban J connectivity index is 1.92. The predicted octanol–water partition coefficient (Wildman–Crippen LogP) is 1.28. The van der Waals surface area contributed by atoms with Gasteiger partial charge in [0.15, 0.2) is 0 Å². The molecule has 1 saturated heterocycles. The second-order valence-electron chi connectivity index (χ2n) is 4.74. The fraction of sp³-hybridized carbons (Fsp3) is 0.615. The fourth-order valence-corrected chi connectivity index (χ4v) is 2.60. The van der Waals surface area contributed by atoms with Crippen LogP contribution in [0, 0.1) is 0 Å². The van der Waals surface area contributed by atoms with Crippen molar-refractivity contribution in [3.8, 4) is 0 Å². The number of aliphatic hydroxyl groups excluding tert-OH is 1. The van der Waals surface area contributed by atoms with Gasteiger partial charge < -0.3 is 10.4 Å². The second-order valence-corrected chi connectivity index (χ2v) is 5.13. The average molecular weight is 270 g/mol. The molecule has 0 aliphatic carbocycles. The summed E-state index contributed by atoms with van der Waals surface area (Å²) in [6.45, 7) is 3.77. The molecule has 1 aliphatic heterocycles. The minimum absolute atomic E-state index is 0.186. The molecule has 0 spiro atoms. The first-order chi connectivity index (χ1) is 8.78. The standard InChI is InChI=1S/C13H20ClN3O/c14-13-8-11(3-5-16-13)9-17(6-7-18)10-12-2-1-4-15-12/h3,5,8,12,15,18H,1-2,4,6-7,9-10H2. The molecule has 1 unspecified atom stereocenters. The first kappa shape index (κ1) is 13.7. The van der Waals surface area contributed by atoms with Crippen molar-refractivity contribution in [3.63, 3.8) is 0 Å². The monoisotopic (exact) mass is 269 g/mol. The first-order valence-electron chi connectivity index (χ1n) is 6.45. The van der Waals surface area contributed by atoms with Crippen LogP contribution in [0.3, 0.4) is 0 Å². The molecular formula is C13H20ClN3O. The summed E-state index contributed by atoms with van der Waals surface area (Å²) in [5, 5.41) is 13.1. The maximum atomic E-state index is 9.14. The highest BCUT2D eigenvalue weighted by Crippen LogP contribution is 2.12. The smallest absolute Gasteiger partial charge is 0.129 e. The highest BCUT2D eigenvalue weighted by molar-refractivity contribution is 6.29. The maximum absolute atomic E-state index is 9.14. The van der Waals surface area contributed by atoms with Crippen LogP contribution in [0.1, 0.15) is 18.4 Å². The van der Waals surface area contributed by atoms with E-state index in [2.05, 4.69) is 15.2 Å². The molecular weight excluding hydrogens is 250 g/mol. The number of halogens is 1. The number of nitrogens with one attached hydrogen (secondary N) is 1. The average Bonchev–Trinajstić information content (AvgIpc) is 2.82. The van der Waals surface area contributed by atoms with Crippen molar-refractivity contribution in [2.45, 2.75) is 25.4 Å². The van der Waals surface area contributed by atoms with Crippen molar-refractivity contribution in [2.24, 2.45) is 0 Å². The lowest BCUT2D eigenvalue weighted by molar-refractivity contribution is 0.179. The SMILES string of the molecule is OCCN(Cc1ccnc(Cl)c1)CC1CCCN1. The molecule has 0 saturated carbocycles. The molecule has 18 heavy (non-hydrogen) atoms. The van der Waals surface area contributed by atoms with Gasteiger partial charge >= 0.3 is 0 Å². The summed E-state index contributed by atoms with van der Waals surface area (Å²) in [6, 6.07) is 4.40. The molecule has 0 radical (unpaired) electrons. The van der Waals surface area contributed by atoms with Crippen LogP contribution in [0.15, 0.2) is 18.3 Å². The summed E-state index contributed by atoms with van der Waals surface area (Å²) in [6.07, 6.45) is 4.19. The Morgan fingerprint density at radius 1 is 1.56 bits per heavy atom. The highest BCUT2D eigenvalue weighted by Gasteiger charge is 2.17. The van der Waals surface area contributed by atoms with Gasteiger partial charge in [0.2, 0.25) is 0 Å². The molecule has 2 rings (SSSR count). The lowest BCUT2D eigenvalue weighted by atomic mass is 10.2. The molecule has 0 amide bonds. The van der Waals surface area contributed by atoms with Crippen LogP contribution in [0.5, 0.6) is 0 Å². The lowest BCUT2D eigenvalue weighted by Gasteiger charge is -2.25. The van der Waals surface area contributed by atoms with Gasteiger partial charge in [0.05, 0.1) is 6.61 Å². The predicted molar refractivity (Wildman–Crippen MR) is 72.6 cm³/mol. The number of hydrogen-bond acceptors (Lipinski definition) is 4. The van der Waals surface area contributed by atoms with Gasteiger partial charge in [0.25, 0.3) is 0 Å². The number of pyridine rings is 1. The van der Waals surface area contributed by atoms with Crippen LogP contribution in [-0.2, 0) is 6.54 Å². The molecule has 100 valence electrons. The van der Waals surface area contributed by atoms with Gasteiger partial charge in [-0.3, -0.25) is 4.90 Å². The van der Waals surface area contributed by atoms with Crippen LogP contribution >= 0.6 is 11.6 Å². The zero-order valence-electron chi connectivity index (χ0n) is 10.5. The Morgan fingerprint density at radius 2 is 2.44 bits per heavy atom. The molecule has 1 fully saturated rings. The summed E-state index contributed by atoms with van der Waals surface area (Å²) in [5.41, 5.74) is 1.14. The van der Waals surface area contributed by atoms with E-state index < -0.39 is 0 Å². The molecule has 4 nitrogen and oxygen atoms in total. The third kappa shape index (κ3) is 4.21. The molecule has 2 heterocycles. The van der Waals surface area contributed by atoms with Crippen LogP contribution in [0.4, 0.5) is 0 Å². The molecule has 1 aromatic rings. The zero-order chi connectivity index (χ0) is 12.8. The van der Waals surface area contributed by atoms with E-state index in [1.54, 1.807) is 6.20 Å². The summed E-state index contributed by atoms with van der Waals surface area (Å²) in [5.74, 6) is 0. The minimum Gasteiger partial charge on any atom is -0.395 e. The van der Waals surface area contributed by atoms with Crippen LogP contribution in [-0.4, -0.2) is 47.3 Å². The Bertz CT molecular complexity index is 369. The number of aromatic nitrogens is 1. The lowest BCUT2D eigenvalue weighted by Crippen LogP contribution is -2.38. The van der Waals surface area contributed by atoms with Gasteiger partial charge in [0, 0.05) is 31.9 Å². The maximum Gasteiger partial charge on any atom is 0.129 e. The van der Waals surface area contributed by atoms with Gasteiger partial charge in [-0.1, -0.05) is 11.6 Å². The van der Waals surface area contributed by atoms with Crippen molar-refractivity contribution in [1.82, 2.24) is 15.2 Å². The molecule has 5 heteroatoms. The van der Waals surface area contributed by atoms with Crippen molar-refractivity contribution in [1.29, 1.82) is 0 Å². The third-order valence-electron chi connectivity index (χ3n) is 3.25.